The average molecular weight is 261 g/mol. The highest BCUT2D eigenvalue weighted by atomic mass is 16.4. The van der Waals surface area contributed by atoms with Crippen LogP contribution in [0.4, 0.5) is 5.69 Å². The van der Waals surface area contributed by atoms with Gasteiger partial charge in [-0.15, -0.1) is 0 Å². The molecular formula is C16H23NO2. The molecule has 0 bridgehead atoms. The number of carbonyl (C=O) groups is 1. The Kier molecular flexibility index (Phi) is 4.13. The highest BCUT2D eigenvalue weighted by molar-refractivity contribution is 5.95. The van der Waals surface area contributed by atoms with Crippen LogP contribution in [-0.4, -0.2) is 17.6 Å². The van der Waals surface area contributed by atoms with Crippen molar-refractivity contribution in [3.8, 4) is 0 Å². The zero-order valence-corrected chi connectivity index (χ0v) is 11.8. The number of nitrogens with one attached hydrogen (secondary N) is 1. The molecule has 0 heterocycles. The average Bonchev–Trinajstić information content (AvgIpc) is 2.86. The van der Waals surface area contributed by atoms with E-state index >= 15 is 0 Å². The molecule has 1 aromatic carbocycles. The number of para-hydroxylation sites is 1. The second-order valence-corrected chi connectivity index (χ2v) is 5.72. The number of aryl methyl sites for hydroxylation is 1. The van der Waals surface area contributed by atoms with Gasteiger partial charge in [0.2, 0.25) is 0 Å². The van der Waals surface area contributed by atoms with Crippen LogP contribution < -0.4 is 5.32 Å². The van der Waals surface area contributed by atoms with Crippen LogP contribution in [0.2, 0.25) is 0 Å². The maximum Gasteiger partial charge on any atom is 0.337 e. The van der Waals surface area contributed by atoms with E-state index in [9.17, 15) is 9.90 Å². The van der Waals surface area contributed by atoms with Crippen LogP contribution in [0.15, 0.2) is 18.2 Å². The third-order valence-corrected chi connectivity index (χ3v) is 4.56. The normalized spacial score (nSPS) is 17.4. The highest BCUT2D eigenvalue weighted by Crippen LogP contribution is 2.41. The van der Waals surface area contributed by atoms with Gasteiger partial charge in [0, 0.05) is 6.54 Å². The van der Waals surface area contributed by atoms with Gasteiger partial charge >= 0.3 is 5.97 Å². The number of anilines is 1. The highest BCUT2D eigenvalue weighted by Gasteiger charge is 2.32. The van der Waals surface area contributed by atoms with Gasteiger partial charge in [0.25, 0.3) is 0 Å². The maximum atomic E-state index is 11.3. The van der Waals surface area contributed by atoms with E-state index in [1.165, 1.54) is 25.7 Å². The van der Waals surface area contributed by atoms with Gasteiger partial charge in [-0.25, -0.2) is 4.79 Å². The van der Waals surface area contributed by atoms with Crippen LogP contribution in [-0.2, 0) is 0 Å². The molecule has 1 aromatic rings. The fraction of sp³-hybridized carbons (Fsp3) is 0.562. The van der Waals surface area contributed by atoms with Crippen LogP contribution >= 0.6 is 0 Å². The van der Waals surface area contributed by atoms with Crippen LogP contribution in [0.5, 0.6) is 0 Å². The summed E-state index contributed by atoms with van der Waals surface area (Å²) in [7, 11) is 0. The van der Waals surface area contributed by atoms with E-state index < -0.39 is 5.97 Å². The van der Waals surface area contributed by atoms with Crippen molar-refractivity contribution in [1.29, 1.82) is 0 Å². The molecule has 1 aliphatic rings. The predicted octanol–water partition coefficient (Wildman–Crippen LogP) is 4.08. The van der Waals surface area contributed by atoms with Crippen LogP contribution in [0, 0.1) is 12.3 Å². The summed E-state index contributed by atoms with van der Waals surface area (Å²) in [6, 6.07) is 5.43. The van der Waals surface area contributed by atoms with Crippen molar-refractivity contribution < 1.29 is 9.90 Å². The van der Waals surface area contributed by atoms with Crippen molar-refractivity contribution in [3.63, 3.8) is 0 Å². The Labute approximate surface area is 115 Å². The van der Waals surface area contributed by atoms with Crippen molar-refractivity contribution in [2.45, 2.75) is 46.0 Å². The zero-order valence-electron chi connectivity index (χ0n) is 11.8. The van der Waals surface area contributed by atoms with Gasteiger partial charge in [0.05, 0.1) is 11.3 Å². The smallest absolute Gasteiger partial charge is 0.337 e. The molecule has 1 saturated carbocycles. The standard InChI is InChI=1S/C16H23NO2/c1-3-16(9-4-5-10-16)11-17-14-12(2)7-6-8-13(14)15(18)19/h6-8,17H,3-5,9-11H2,1-2H3,(H,18,19). The lowest BCUT2D eigenvalue weighted by Crippen LogP contribution is -2.26. The summed E-state index contributed by atoms with van der Waals surface area (Å²) in [4.78, 5) is 11.3. The Hall–Kier alpha value is -1.51. The first kappa shape index (κ1) is 13.9. The van der Waals surface area contributed by atoms with Gasteiger partial charge in [-0.2, -0.15) is 0 Å². The first-order valence-corrected chi connectivity index (χ1v) is 7.15. The van der Waals surface area contributed by atoms with E-state index in [0.29, 0.717) is 11.0 Å². The molecule has 0 unspecified atom stereocenters. The fourth-order valence-electron chi connectivity index (χ4n) is 3.14. The molecule has 0 aromatic heterocycles. The molecule has 3 nitrogen and oxygen atoms in total. The Bertz CT molecular complexity index is 462. The number of carboxylic acid groups (broad SMARTS) is 1. The Morgan fingerprint density at radius 2 is 2.05 bits per heavy atom. The lowest BCUT2D eigenvalue weighted by Gasteiger charge is -2.29. The van der Waals surface area contributed by atoms with E-state index in [0.717, 1.165) is 24.2 Å². The van der Waals surface area contributed by atoms with Crippen LogP contribution in [0.25, 0.3) is 0 Å². The molecule has 1 fully saturated rings. The summed E-state index contributed by atoms with van der Waals surface area (Å²) < 4.78 is 0. The van der Waals surface area contributed by atoms with E-state index in [4.69, 9.17) is 0 Å². The molecule has 2 rings (SSSR count). The number of hydrogen-bond donors (Lipinski definition) is 2. The lowest BCUT2D eigenvalue weighted by molar-refractivity contribution is 0.0697. The summed E-state index contributed by atoms with van der Waals surface area (Å²) in [5.41, 5.74) is 2.53. The fourth-order valence-corrected chi connectivity index (χ4v) is 3.14. The van der Waals surface area contributed by atoms with Crippen molar-refractivity contribution in [2.75, 3.05) is 11.9 Å². The molecule has 0 spiro atoms. The van der Waals surface area contributed by atoms with Crippen LogP contribution in [0.1, 0.15) is 54.9 Å². The van der Waals surface area contributed by atoms with Crippen LogP contribution in [0.3, 0.4) is 0 Å². The SMILES string of the molecule is CCC1(CNc2c(C)cccc2C(=O)O)CCCC1. The predicted molar refractivity (Wildman–Crippen MR) is 77.8 cm³/mol. The van der Waals surface area contributed by atoms with E-state index in [2.05, 4.69) is 12.2 Å². The number of hydrogen-bond acceptors (Lipinski definition) is 2. The number of carboxylic acids is 1. The number of aromatic carboxylic acids is 1. The van der Waals surface area contributed by atoms with Crippen molar-refractivity contribution >= 4 is 11.7 Å². The molecule has 19 heavy (non-hydrogen) atoms. The molecular weight excluding hydrogens is 238 g/mol. The van der Waals surface area contributed by atoms with Gasteiger partial charge in [-0.3, -0.25) is 0 Å². The summed E-state index contributed by atoms with van der Waals surface area (Å²) in [6.45, 7) is 5.08. The van der Waals surface area contributed by atoms with Gasteiger partial charge in [-0.05, 0) is 43.2 Å². The molecule has 0 saturated heterocycles. The second-order valence-electron chi connectivity index (χ2n) is 5.72. The van der Waals surface area contributed by atoms with Gasteiger partial charge in [0.15, 0.2) is 0 Å². The summed E-state index contributed by atoms with van der Waals surface area (Å²) in [5.74, 6) is -0.858. The molecule has 0 aliphatic heterocycles. The summed E-state index contributed by atoms with van der Waals surface area (Å²) in [5, 5.41) is 12.7. The van der Waals surface area contributed by atoms with Crippen molar-refractivity contribution in [1.82, 2.24) is 0 Å². The Morgan fingerprint density at radius 3 is 2.63 bits per heavy atom. The van der Waals surface area contributed by atoms with Gasteiger partial charge in [-0.1, -0.05) is 31.9 Å². The minimum Gasteiger partial charge on any atom is -0.478 e. The minimum atomic E-state index is -0.858. The molecule has 0 amide bonds. The molecule has 0 radical (unpaired) electrons. The topological polar surface area (TPSA) is 49.3 Å². The van der Waals surface area contributed by atoms with E-state index in [1.807, 2.05) is 13.0 Å². The molecule has 3 heteroatoms. The lowest BCUT2D eigenvalue weighted by atomic mass is 9.83. The molecule has 1 aliphatic carbocycles. The van der Waals surface area contributed by atoms with E-state index in [-0.39, 0.29) is 0 Å². The number of rotatable bonds is 5. The number of benzene rings is 1. The second kappa shape index (κ2) is 5.64. The Balaban J connectivity index is 2.17. The third-order valence-electron chi connectivity index (χ3n) is 4.56. The maximum absolute atomic E-state index is 11.3. The van der Waals surface area contributed by atoms with Crippen molar-refractivity contribution in [2.24, 2.45) is 5.41 Å². The van der Waals surface area contributed by atoms with Gasteiger partial charge in [0.1, 0.15) is 0 Å². The zero-order chi connectivity index (χ0) is 13.9. The van der Waals surface area contributed by atoms with Crippen molar-refractivity contribution in [3.05, 3.63) is 29.3 Å². The molecule has 2 N–H and O–H groups in total. The summed E-state index contributed by atoms with van der Waals surface area (Å²) in [6.07, 6.45) is 6.27. The van der Waals surface area contributed by atoms with Gasteiger partial charge < -0.3 is 10.4 Å². The monoisotopic (exact) mass is 261 g/mol. The third kappa shape index (κ3) is 2.91. The first-order valence-electron chi connectivity index (χ1n) is 7.15. The summed E-state index contributed by atoms with van der Waals surface area (Å²) >= 11 is 0. The minimum absolute atomic E-state index is 0.359. The largest absolute Gasteiger partial charge is 0.478 e. The molecule has 104 valence electrons. The van der Waals surface area contributed by atoms with E-state index in [1.54, 1.807) is 12.1 Å². The molecule has 0 atom stereocenters. The first-order chi connectivity index (χ1) is 9.08. The quantitative estimate of drug-likeness (QED) is 0.839. The Morgan fingerprint density at radius 1 is 1.37 bits per heavy atom.